The normalized spacial score (nSPS) is 11.6. The van der Waals surface area contributed by atoms with E-state index in [2.05, 4.69) is 4.98 Å². The standard InChI is InChI=1S/C14H15F3N2OS/c1-2-7-19(8-10-5-3-4-6-11(10)20)13-18-12(9-21-13)14(15,16)17/h3-6,9,20H,2,7-8H2,1H3. The Morgan fingerprint density at radius 2 is 2.00 bits per heavy atom. The lowest BCUT2D eigenvalue weighted by molar-refractivity contribution is -0.140. The van der Waals surface area contributed by atoms with Gasteiger partial charge in [0.05, 0.1) is 0 Å². The van der Waals surface area contributed by atoms with Crippen LogP contribution in [0, 0.1) is 0 Å². The molecule has 0 atom stereocenters. The van der Waals surface area contributed by atoms with Gasteiger partial charge in [-0.25, -0.2) is 4.98 Å². The number of hydrogen-bond donors (Lipinski definition) is 1. The topological polar surface area (TPSA) is 36.4 Å². The maximum Gasteiger partial charge on any atom is 0.434 e. The highest BCUT2D eigenvalue weighted by Crippen LogP contribution is 2.33. The molecule has 1 aromatic carbocycles. The third-order valence-electron chi connectivity index (χ3n) is 2.90. The van der Waals surface area contributed by atoms with E-state index in [1.165, 1.54) is 0 Å². The van der Waals surface area contributed by atoms with Crippen molar-refractivity contribution in [3.63, 3.8) is 0 Å². The van der Waals surface area contributed by atoms with Crippen LogP contribution < -0.4 is 4.90 Å². The van der Waals surface area contributed by atoms with Gasteiger partial charge in [-0.05, 0) is 12.5 Å². The Balaban J connectivity index is 2.23. The fraction of sp³-hybridized carbons (Fsp3) is 0.357. The number of hydrogen-bond acceptors (Lipinski definition) is 4. The molecule has 2 rings (SSSR count). The number of phenolic OH excluding ortho intramolecular Hbond substituents is 1. The predicted octanol–water partition coefficient (Wildman–Crippen LogP) is 4.28. The van der Waals surface area contributed by atoms with Crippen molar-refractivity contribution in [3.8, 4) is 5.75 Å². The maximum absolute atomic E-state index is 12.6. The number of aromatic hydroxyl groups is 1. The monoisotopic (exact) mass is 316 g/mol. The van der Waals surface area contributed by atoms with Crippen LogP contribution in [-0.2, 0) is 12.7 Å². The molecule has 0 spiro atoms. The molecular weight excluding hydrogens is 301 g/mol. The smallest absolute Gasteiger partial charge is 0.434 e. The van der Waals surface area contributed by atoms with E-state index >= 15 is 0 Å². The number of rotatable bonds is 5. The van der Waals surface area contributed by atoms with Crippen molar-refractivity contribution in [1.82, 2.24) is 4.98 Å². The Morgan fingerprint density at radius 3 is 2.57 bits per heavy atom. The van der Waals surface area contributed by atoms with Gasteiger partial charge in [-0.1, -0.05) is 25.1 Å². The third kappa shape index (κ3) is 3.87. The Morgan fingerprint density at radius 1 is 1.29 bits per heavy atom. The van der Waals surface area contributed by atoms with Crippen LogP contribution in [0.5, 0.6) is 5.75 Å². The fourth-order valence-electron chi connectivity index (χ4n) is 1.90. The van der Waals surface area contributed by atoms with Crippen LogP contribution in [0.25, 0.3) is 0 Å². The van der Waals surface area contributed by atoms with Gasteiger partial charge in [0.1, 0.15) is 5.75 Å². The molecule has 0 radical (unpaired) electrons. The fourth-order valence-corrected chi connectivity index (χ4v) is 2.76. The highest BCUT2D eigenvalue weighted by Gasteiger charge is 2.34. The Hall–Kier alpha value is -1.76. The summed E-state index contributed by atoms with van der Waals surface area (Å²) in [5.74, 6) is 0.131. The van der Waals surface area contributed by atoms with E-state index in [-0.39, 0.29) is 5.75 Å². The summed E-state index contributed by atoms with van der Waals surface area (Å²) in [5, 5.41) is 11.1. The Labute approximate surface area is 124 Å². The molecule has 0 aliphatic carbocycles. The summed E-state index contributed by atoms with van der Waals surface area (Å²) in [4.78, 5) is 5.41. The van der Waals surface area contributed by atoms with Crippen molar-refractivity contribution in [2.75, 3.05) is 11.4 Å². The highest BCUT2D eigenvalue weighted by atomic mass is 32.1. The number of halogens is 3. The van der Waals surface area contributed by atoms with E-state index < -0.39 is 11.9 Å². The molecule has 0 aliphatic rings. The van der Waals surface area contributed by atoms with Crippen molar-refractivity contribution >= 4 is 16.5 Å². The van der Waals surface area contributed by atoms with Crippen LogP contribution in [0.4, 0.5) is 18.3 Å². The molecule has 1 N–H and O–H groups in total. The minimum absolute atomic E-state index is 0.131. The van der Waals surface area contributed by atoms with Gasteiger partial charge in [0.15, 0.2) is 10.8 Å². The van der Waals surface area contributed by atoms with E-state index in [1.807, 2.05) is 6.92 Å². The number of aromatic nitrogens is 1. The summed E-state index contributed by atoms with van der Waals surface area (Å²) in [6.07, 6.45) is -3.66. The average Bonchev–Trinajstić information content (AvgIpc) is 2.90. The maximum atomic E-state index is 12.6. The van der Waals surface area contributed by atoms with E-state index in [4.69, 9.17) is 0 Å². The molecule has 0 saturated heterocycles. The summed E-state index contributed by atoms with van der Waals surface area (Å²) < 4.78 is 37.9. The quantitative estimate of drug-likeness (QED) is 0.894. The van der Waals surface area contributed by atoms with Gasteiger partial charge in [-0.2, -0.15) is 13.2 Å². The molecule has 0 saturated carbocycles. The summed E-state index contributed by atoms with van der Waals surface area (Å²) in [6, 6.07) is 6.79. The number of alkyl halides is 3. The van der Waals surface area contributed by atoms with Gasteiger partial charge in [-0.3, -0.25) is 0 Å². The highest BCUT2D eigenvalue weighted by molar-refractivity contribution is 7.13. The minimum atomic E-state index is -4.43. The second-order valence-corrected chi connectivity index (χ2v) is 5.40. The zero-order valence-electron chi connectivity index (χ0n) is 11.4. The summed E-state index contributed by atoms with van der Waals surface area (Å²) in [6.45, 7) is 2.83. The molecule has 0 bridgehead atoms. The van der Waals surface area contributed by atoms with Crippen molar-refractivity contribution in [3.05, 3.63) is 40.9 Å². The summed E-state index contributed by atoms with van der Waals surface area (Å²) in [7, 11) is 0. The second-order valence-electron chi connectivity index (χ2n) is 4.56. The molecule has 0 aliphatic heterocycles. The number of anilines is 1. The van der Waals surface area contributed by atoms with Gasteiger partial charge >= 0.3 is 6.18 Å². The van der Waals surface area contributed by atoms with Crippen LogP contribution in [0.2, 0.25) is 0 Å². The molecule has 7 heteroatoms. The predicted molar refractivity (Wildman–Crippen MR) is 76.6 cm³/mol. The second kappa shape index (κ2) is 6.34. The molecule has 2 aromatic rings. The van der Waals surface area contributed by atoms with Gasteiger partial charge in [0, 0.05) is 24.0 Å². The lowest BCUT2D eigenvalue weighted by atomic mass is 10.2. The van der Waals surface area contributed by atoms with E-state index in [1.54, 1.807) is 29.2 Å². The molecule has 0 fully saturated rings. The van der Waals surface area contributed by atoms with Crippen LogP contribution in [-0.4, -0.2) is 16.6 Å². The van der Waals surface area contributed by atoms with E-state index in [0.29, 0.717) is 23.8 Å². The molecule has 0 unspecified atom stereocenters. The number of nitrogens with zero attached hydrogens (tertiary/aromatic N) is 2. The Bertz CT molecular complexity index is 598. The average molecular weight is 316 g/mol. The molecular formula is C14H15F3N2OS. The molecule has 1 heterocycles. The Kier molecular flexibility index (Phi) is 4.72. The number of benzene rings is 1. The first kappa shape index (κ1) is 15.6. The van der Waals surface area contributed by atoms with Crippen molar-refractivity contribution in [2.24, 2.45) is 0 Å². The molecule has 1 aromatic heterocycles. The van der Waals surface area contributed by atoms with Gasteiger partial charge < -0.3 is 10.0 Å². The lowest BCUT2D eigenvalue weighted by Gasteiger charge is -2.21. The first-order valence-electron chi connectivity index (χ1n) is 6.46. The van der Waals surface area contributed by atoms with Crippen LogP contribution in [0.3, 0.4) is 0 Å². The van der Waals surface area contributed by atoms with E-state index in [0.717, 1.165) is 23.1 Å². The molecule has 3 nitrogen and oxygen atoms in total. The van der Waals surface area contributed by atoms with Crippen molar-refractivity contribution < 1.29 is 18.3 Å². The molecule has 0 amide bonds. The summed E-state index contributed by atoms with van der Waals surface area (Å²) in [5.41, 5.74) is -0.212. The number of phenols is 1. The zero-order chi connectivity index (χ0) is 15.5. The van der Waals surface area contributed by atoms with Gasteiger partial charge in [0.25, 0.3) is 0 Å². The third-order valence-corrected chi connectivity index (χ3v) is 3.80. The largest absolute Gasteiger partial charge is 0.508 e. The first-order valence-corrected chi connectivity index (χ1v) is 7.34. The first-order chi connectivity index (χ1) is 9.91. The number of para-hydroxylation sites is 1. The molecule has 21 heavy (non-hydrogen) atoms. The lowest BCUT2D eigenvalue weighted by Crippen LogP contribution is -2.23. The van der Waals surface area contributed by atoms with Crippen molar-refractivity contribution in [2.45, 2.75) is 26.1 Å². The van der Waals surface area contributed by atoms with Gasteiger partial charge in [-0.15, -0.1) is 11.3 Å². The van der Waals surface area contributed by atoms with Crippen LogP contribution >= 0.6 is 11.3 Å². The van der Waals surface area contributed by atoms with Gasteiger partial charge in [0.2, 0.25) is 0 Å². The molecule has 114 valence electrons. The van der Waals surface area contributed by atoms with Crippen LogP contribution in [0.1, 0.15) is 24.6 Å². The summed E-state index contributed by atoms with van der Waals surface area (Å²) >= 11 is 0.963. The van der Waals surface area contributed by atoms with Crippen LogP contribution in [0.15, 0.2) is 29.6 Å². The zero-order valence-corrected chi connectivity index (χ0v) is 12.2. The van der Waals surface area contributed by atoms with Crippen molar-refractivity contribution in [1.29, 1.82) is 0 Å². The minimum Gasteiger partial charge on any atom is -0.508 e. The SMILES string of the molecule is CCCN(Cc1ccccc1O)c1nc(C(F)(F)F)cs1. The van der Waals surface area contributed by atoms with E-state index in [9.17, 15) is 18.3 Å². The number of thiazole rings is 1.